The van der Waals surface area contributed by atoms with E-state index in [0.717, 1.165) is 22.2 Å². The molecule has 0 spiro atoms. The molecule has 1 aromatic heterocycles. The number of carbonyl (C=O) groups excluding carboxylic acids is 2. The van der Waals surface area contributed by atoms with Crippen LogP contribution in [0.5, 0.6) is 5.75 Å². The highest BCUT2D eigenvalue weighted by Gasteiger charge is 2.32. The lowest BCUT2D eigenvalue weighted by molar-refractivity contribution is -0.120. The van der Waals surface area contributed by atoms with Gasteiger partial charge in [0, 0.05) is 36.1 Å². The van der Waals surface area contributed by atoms with Crippen molar-refractivity contribution >= 4 is 28.4 Å². The van der Waals surface area contributed by atoms with Gasteiger partial charge in [-0.05, 0) is 35.4 Å². The summed E-state index contributed by atoms with van der Waals surface area (Å²) in [6, 6.07) is 20.8. The van der Waals surface area contributed by atoms with Crippen molar-refractivity contribution in [2.75, 3.05) is 19.1 Å². The minimum atomic E-state index is -0.648. The number of fused-ring (bicyclic) bond motifs is 2. The zero-order valence-corrected chi connectivity index (χ0v) is 17.9. The Morgan fingerprint density at radius 3 is 2.53 bits per heavy atom. The number of nitrogens with zero attached hydrogens (tertiary/aromatic N) is 1. The zero-order valence-electron chi connectivity index (χ0n) is 17.9. The monoisotopic (exact) mass is 425 g/mol. The summed E-state index contributed by atoms with van der Waals surface area (Å²) < 4.78 is 5.24. The van der Waals surface area contributed by atoms with Crippen LogP contribution < -0.4 is 15.0 Å². The number of anilines is 1. The number of nitrogens with one attached hydrogen (secondary N) is 2. The molecule has 1 aliphatic rings. The third kappa shape index (κ3) is 3.39. The van der Waals surface area contributed by atoms with Crippen molar-refractivity contribution in [2.24, 2.45) is 0 Å². The van der Waals surface area contributed by atoms with Crippen LogP contribution in [0.1, 0.15) is 15.9 Å². The number of carbonyl (C=O) groups is 2. The molecule has 32 heavy (non-hydrogen) atoms. The molecule has 0 saturated carbocycles. The van der Waals surface area contributed by atoms with Gasteiger partial charge in [0.25, 0.3) is 5.91 Å². The van der Waals surface area contributed by atoms with E-state index in [-0.39, 0.29) is 11.8 Å². The number of amides is 2. The molecule has 1 unspecified atom stereocenters. The van der Waals surface area contributed by atoms with E-state index in [0.29, 0.717) is 23.4 Å². The van der Waals surface area contributed by atoms with Gasteiger partial charge in [0.1, 0.15) is 11.8 Å². The Kier molecular flexibility index (Phi) is 4.90. The van der Waals surface area contributed by atoms with Gasteiger partial charge in [-0.3, -0.25) is 9.59 Å². The Morgan fingerprint density at radius 1 is 0.969 bits per heavy atom. The van der Waals surface area contributed by atoms with Crippen molar-refractivity contribution in [3.8, 4) is 16.9 Å². The molecule has 0 bridgehead atoms. The molecule has 1 aliphatic heterocycles. The molecule has 6 heteroatoms. The second kappa shape index (κ2) is 7.89. The average molecular weight is 425 g/mol. The van der Waals surface area contributed by atoms with E-state index in [2.05, 4.69) is 34.6 Å². The maximum atomic E-state index is 13.1. The molecule has 6 nitrogen and oxygen atoms in total. The van der Waals surface area contributed by atoms with Crippen LogP contribution in [0.15, 0.2) is 72.9 Å². The maximum Gasteiger partial charge on any atom is 0.254 e. The number of ether oxygens (including phenoxy) is 1. The first-order valence-electron chi connectivity index (χ1n) is 10.5. The summed E-state index contributed by atoms with van der Waals surface area (Å²) in [5, 5.41) is 4.06. The topological polar surface area (TPSA) is 74.4 Å². The first-order valence-corrected chi connectivity index (χ1v) is 10.5. The van der Waals surface area contributed by atoms with Crippen LogP contribution in [0.25, 0.3) is 22.0 Å². The molecule has 0 aliphatic carbocycles. The van der Waals surface area contributed by atoms with Crippen LogP contribution >= 0.6 is 0 Å². The van der Waals surface area contributed by atoms with Gasteiger partial charge in [0.2, 0.25) is 5.91 Å². The molecule has 0 fully saturated rings. The highest BCUT2D eigenvalue weighted by Crippen LogP contribution is 2.30. The summed E-state index contributed by atoms with van der Waals surface area (Å²) in [7, 11) is 3.25. The molecule has 2 amide bonds. The van der Waals surface area contributed by atoms with Crippen molar-refractivity contribution in [1.29, 1.82) is 0 Å². The van der Waals surface area contributed by atoms with Crippen molar-refractivity contribution in [2.45, 2.75) is 12.5 Å². The summed E-state index contributed by atoms with van der Waals surface area (Å²) in [5.74, 6) is 0.144. The summed E-state index contributed by atoms with van der Waals surface area (Å²) in [5.41, 5.74) is 5.30. The molecule has 160 valence electrons. The number of aromatic amines is 1. The number of H-pyrrole nitrogens is 1. The Balaban J connectivity index is 1.39. The number of likely N-dealkylation sites (N-methyl/N-ethyl adjacent to an activating group) is 1. The minimum Gasteiger partial charge on any atom is -0.497 e. The quantitative estimate of drug-likeness (QED) is 0.516. The van der Waals surface area contributed by atoms with Gasteiger partial charge >= 0.3 is 0 Å². The average Bonchev–Trinajstić information content (AvgIpc) is 3.23. The molecule has 3 aromatic carbocycles. The predicted octanol–water partition coefficient (Wildman–Crippen LogP) is 4.16. The number of hydrogen-bond donors (Lipinski definition) is 2. The smallest absolute Gasteiger partial charge is 0.254 e. The molecular weight excluding hydrogens is 402 g/mol. The summed E-state index contributed by atoms with van der Waals surface area (Å²) in [6.45, 7) is 0. The molecule has 5 rings (SSSR count). The largest absolute Gasteiger partial charge is 0.497 e. The van der Waals surface area contributed by atoms with Gasteiger partial charge in [0.15, 0.2) is 0 Å². The number of rotatable bonds is 4. The Hall–Kier alpha value is -4.06. The van der Waals surface area contributed by atoms with Crippen molar-refractivity contribution in [3.63, 3.8) is 0 Å². The highest BCUT2D eigenvalue weighted by atomic mass is 16.5. The lowest BCUT2D eigenvalue weighted by Gasteiger charge is -2.21. The first-order chi connectivity index (χ1) is 15.5. The maximum absolute atomic E-state index is 13.1. The van der Waals surface area contributed by atoms with E-state index in [1.54, 1.807) is 32.4 Å². The predicted molar refractivity (Wildman–Crippen MR) is 125 cm³/mol. The Morgan fingerprint density at radius 2 is 1.75 bits per heavy atom. The van der Waals surface area contributed by atoms with Gasteiger partial charge in [-0.1, -0.05) is 42.5 Å². The second-order valence-electron chi connectivity index (χ2n) is 7.96. The van der Waals surface area contributed by atoms with Crippen LogP contribution in [0.2, 0.25) is 0 Å². The fraction of sp³-hybridized carbons (Fsp3) is 0.154. The molecule has 0 saturated heterocycles. The van der Waals surface area contributed by atoms with Crippen molar-refractivity contribution < 1.29 is 14.3 Å². The Bertz CT molecular complexity index is 1320. The van der Waals surface area contributed by atoms with Gasteiger partial charge in [0.05, 0.1) is 18.4 Å². The summed E-state index contributed by atoms with van der Waals surface area (Å²) in [4.78, 5) is 30.8. The van der Waals surface area contributed by atoms with Crippen molar-refractivity contribution in [1.82, 2.24) is 10.3 Å². The molecule has 0 radical (unpaired) electrons. The van der Waals surface area contributed by atoms with Gasteiger partial charge < -0.3 is 19.9 Å². The van der Waals surface area contributed by atoms with Crippen LogP contribution in [0.4, 0.5) is 5.69 Å². The summed E-state index contributed by atoms with van der Waals surface area (Å²) in [6.07, 6.45) is 2.42. The fourth-order valence-corrected chi connectivity index (χ4v) is 4.27. The van der Waals surface area contributed by atoms with E-state index >= 15 is 0 Å². The van der Waals surface area contributed by atoms with E-state index in [9.17, 15) is 9.59 Å². The molecule has 2 N–H and O–H groups in total. The minimum absolute atomic E-state index is 0.150. The lowest BCUT2D eigenvalue weighted by atomic mass is 10.00. The Labute approximate surface area is 185 Å². The normalized spacial score (nSPS) is 15.9. The first kappa shape index (κ1) is 19.9. The second-order valence-corrected chi connectivity index (χ2v) is 7.96. The molecular formula is C26H23N3O3. The number of aromatic nitrogens is 1. The van der Waals surface area contributed by atoms with Gasteiger partial charge in [-0.2, -0.15) is 0 Å². The van der Waals surface area contributed by atoms with Crippen LogP contribution in [-0.4, -0.2) is 37.0 Å². The van der Waals surface area contributed by atoms with Crippen molar-refractivity contribution in [3.05, 3.63) is 84.1 Å². The van der Waals surface area contributed by atoms with E-state index in [1.165, 1.54) is 10.3 Å². The van der Waals surface area contributed by atoms with Gasteiger partial charge in [-0.15, -0.1) is 0 Å². The standard InChI is InChI=1S/C26H23N3O3/c1-29-24-12-11-18(32-2)14-20(24)25(30)28-23(26(29)31)13-16-7-9-17(10-8-16)21-15-27-22-6-4-3-5-19(21)22/h3-12,14-15,23,27H,13H2,1-2H3,(H,28,30). The van der Waals surface area contributed by atoms with E-state index in [1.807, 2.05) is 30.5 Å². The molecule has 1 atom stereocenters. The van der Waals surface area contributed by atoms with Crippen LogP contribution in [0.3, 0.4) is 0 Å². The third-order valence-corrected chi connectivity index (χ3v) is 6.04. The van der Waals surface area contributed by atoms with Gasteiger partial charge in [-0.25, -0.2) is 0 Å². The highest BCUT2D eigenvalue weighted by molar-refractivity contribution is 6.11. The third-order valence-electron chi connectivity index (χ3n) is 6.04. The van der Waals surface area contributed by atoms with E-state index < -0.39 is 6.04 Å². The number of methoxy groups -OCH3 is 1. The number of benzene rings is 3. The van der Waals surface area contributed by atoms with Crippen LogP contribution in [0, 0.1) is 0 Å². The molecule has 4 aromatic rings. The number of para-hydroxylation sites is 1. The van der Waals surface area contributed by atoms with E-state index in [4.69, 9.17) is 4.74 Å². The summed E-state index contributed by atoms with van der Waals surface area (Å²) >= 11 is 0. The lowest BCUT2D eigenvalue weighted by Crippen LogP contribution is -2.45. The SMILES string of the molecule is COc1ccc2c(c1)C(=O)NC(Cc1ccc(-c3c[nH]c4ccccc34)cc1)C(=O)N2C. The molecule has 2 heterocycles. The number of hydrogen-bond acceptors (Lipinski definition) is 3. The fourth-order valence-electron chi connectivity index (χ4n) is 4.27. The zero-order chi connectivity index (χ0) is 22.2. The van der Waals surface area contributed by atoms with Crippen LogP contribution in [-0.2, 0) is 11.2 Å².